The third kappa shape index (κ3) is 4.49. The van der Waals surface area contributed by atoms with E-state index in [-0.39, 0.29) is 18.0 Å². The number of anilines is 1. The molecule has 0 radical (unpaired) electrons. The number of hydrogen-bond donors (Lipinski definition) is 0. The SMILES string of the molecule is O=C(Cn1nc(-c2ccccc2)ccc1=O)N1CCN(c2cccc(Cl)c2)CC1. The average molecular weight is 409 g/mol. The second-order valence-corrected chi connectivity index (χ2v) is 7.36. The highest BCUT2D eigenvalue weighted by Gasteiger charge is 2.22. The third-order valence-corrected chi connectivity index (χ3v) is 5.26. The van der Waals surface area contributed by atoms with Crippen LogP contribution in [0.15, 0.2) is 71.5 Å². The maximum atomic E-state index is 12.8. The summed E-state index contributed by atoms with van der Waals surface area (Å²) in [5, 5.41) is 5.08. The summed E-state index contributed by atoms with van der Waals surface area (Å²) < 4.78 is 1.24. The predicted molar refractivity (Wildman–Crippen MR) is 114 cm³/mol. The second kappa shape index (κ2) is 8.49. The number of aromatic nitrogens is 2. The fraction of sp³-hybridized carbons (Fsp3) is 0.227. The highest BCUT2D eigenvalue weighted by Crippen LogP contribution is 2.21. The lowest BCUT2D eigenvalue weighted by molar-refractivity contribution is -0.132. The first-order valence-electron chi connectivity index (χ1n) is 9.52. The van der Waals surface area contributed by atoms with E-state index < -0.39 is 0 Å². The molecule has 6 nitrogen and oxygen atoms in total. The summed E-state index contributed by atoms with van der Waals surface area (Å²) in [4.78, 5) is 28.9. The normalized spacial score (nSPS) is 14.1. The van der Waals surface area contributed by atoms with E-state index >= 15 is 0 Å². The van der Waals surface area contributed by atoms with Gasteiger partial charge in [0.1, 0.15) is 6.54 Å². The van der Waals surface area contributed by atoms with Gasteiger partial charge < -0.3 is 9.80 Å². The molecule has 0 bridgehead atoms. The van der Waals surface area contributed by atoms with E-state index in [4.69, 9.17) is 11.6 Å². The lowest BCUT2D eigenvalue weighted by Gasteiger charge is -2.36. The van der Waals surface area contributed by atoms with Crippen LogP contribution in [0.1, 0.15) is 0 Å². The highest BCUT2D eigenvalue weighted by atomic mass is 35.5. The quantitative estimate of drug-likeness (QED) is 0.666. The Labute approximate surface area is 173 Å². The molecule has 1 aromatic heterocycles. The number of carbonyl (C=O) groups excluding carboxylic acids is 1. The van der Waals surface area contributed by atoms with Gasteiger partial charge in [-0.25, -0.2) is 4.68 Å². The van der Waals surface area contributed by atoms with E-state index in [0.29, 0.717) is 23.8 Å². The van der Waals surface area contributed by atoms with Gasteiger partial charge in [0.05, 0.1) is 5.69 Å². The van der Waals surface area contributed by atoms with Crippen LogP contribution in [0, 0.1) is 0 Å². The Balaban J connectivity index is 1.42. The molecule has 0 saturated carbocycles. The molecule has 0 spiro atoms. The van der Waals surface area contributed by atoms with Gasteiger partial charge in [-0.05, 0) is 24.3 Å². The first-order chi connectivity index (χ1) is 14.1. The van der Waals surface area contributed by atoms with Crippen LogP contribution < -0.4 is 10.5 Å². The topological polar surface area (TPSA) is 58.4 Å². The van der Waals surface area contributed by atoms with Crippen molar-refractivity contribution in [2.75, 3.05) is 31.1 Å². The lowest BCUT2D eigenvalue weighted by atomic mass is 10.1. The number of halogens is 1. The summed E-state index contributed by atoms with van der Waals surface area (Å²) in [7, 11) is 0. The van der Waals surface area contributed by atoms with Crippen LogP contribution in [0.5, 0.6) is 0 Å². The fourth-order valence-corrected chi connectivity index (χ4v) is 3.62. The van der Waals surface area contributed by atoms with Crippen molar-refractivity contribution in [3.05, 3.63) is 82.1 Å². The molecule has 148 valence electrons. The number of piperazine rings is 1. The Morgan fingerprint density at radius 1 is 0.931 bits per heavy atom. The molecule has 1 fully saturated rings. The molecule has 4 rings (SSSR count). The van der Waals surface area contributed by atoms with Gasteiger partial charge in [-0.3, -0.25) is 9.59 Å². The van der Waals surface area contributed by atoms with E-state index in [9.17, 15) is 9.59 Å². The van der Waals surface area contributed by atoms with Crippen LogP contribution in [-0.2, 0) is 11.3 Å². The van der Waals surface area contributed by atoms with E-state index in [2.05, 4.69) is 10.00 Å². The first kappa shape index (κ1) is 19.2. The van der Waals surface area contributed by atoms with Crippen LogP contribution in [0.3, 0.4) is 0 Å². The first-order valence-corrected chi connectivity index (χ1v) is 9.90. The zero-order valence-corrected chi connectivity index (χ0v) is 16.6. The molecule has 1 saturated heterocycles. The van der Waals surface area contributed by atoms with Gasteiger partial charge in [0.2, 0.25) is 5.91 Å². The van der Waals surface area contributed by atoms with Gasteiger partial charge in [-0.1, -0.05) is 48.0 Å². The third-order valence-electron chi connectivity index (χ3n) is 5.03. The summed E-state index contributed by atoms with van der Waals surface area (Å²) in [6.45, 7) is 2.57. The molecule has 7 heteroatoms. The summed E-state index contributed by atoms with van der Waals surface area (Å²) >= 11 is 6.07. The smallest absolute Gasteiger partial charge is 0.267 e. The molecular formula is C22H21ClN4O2. The van der Waals surface area contributed by atoms with Crippen molar-refractivity contribution in [2.24, 2.45) is 0 Å². The standard InChI is InChI=1S/C22H21ClN4O2/c23-18-7-4-8-19(15-18)25-11-13-26(14-12-25)22(29)16-27-21(28)10-9-20(24-27)17-5-2-1-3-6-17/h1-10,15H,11-14,16H2. The molecule has 29 heavy (non-hydrogen) atoms. The minimum Gasteiger partial charge on any atom is -0.368 e. The van der Waals surface area contributed by atoms with Gasteiger partial charge in [0, 0.05) is 48.5 Å². The van der Waals surface area contributed by atoms with Crippen LogP contribution in [0.25, 0.3) is 11.3 Å². The summed E-state index contributed by atoms with van der Waals surface area (Å²) in [6, 6.07) is 20.5. The molecule has 0 atom stereocenters. The summed E-state index contributed by atoms with van der Waals surface area (Å²) in [5.74, 6) is -0.101. The minimum atomic E-state index is -0.282. The summed E-state index contributed by atoms with van der Waals surface area (Å²) in [5.41, 5.74) is 2.35. The van der Waals surface area contributed by atoms with Crippen LogP contribution in [0.4, 0.5) is 5.69 Å². The Bertz CT molecular complexity index is 1060. The van der Waals surface area contributed by atoms with Crippen molar-refractivity contribution in [1.82, 2.24) is 14.7 Å². The van der Waals surface area contributed by atoms with Crippen LogP contribution in [0.2, 0.25) is 5.02 Å². The molecule has 3 aromatic rings. The predicted octanol–water partition coefficient (Wildman–Crippen LogP) is 2.91. The van der Waals surface area contributed by atoms with Crippen molar-refractivity contribution in [3.8, 4) is 11.3 Å². The minimum absolute atomic E-state index is 0.0589. The average Bonchev–Trinajstić information content (AvgIpc) is 2.76. The molecule has 1 amide bonds. The number of rotatable bonds is 4. The van der Waals surface area contributed by atoms with E-state index in [1.54, 1.807) is 11.0 Å². The number of carbonyl (C=O) groups is 1. The highest BCUT2D eigenvalue weighted by molar-refractivity contribution is 6.30. The van der Waals surface area contributed by atoms with E-state index in [0.717, 1.165) is 24.3 Å². The van der Waals surface area contributed by atoms with Gasteiger partial charge in [0.15, 0.2) is 0 Å². The maximum Gasteiger partial charge on any atom is 0.267 e. The van der Waals surface area contributed by atoms with E-state index in [1.165, 1.54) is 10.7 Å². The summed E-state index contributed by atoms with van der Waals surface area (Å²) in [6.07, 6.45) is 0. The zero-order chi connectivity index (χ0) is 20.2. The fourth-order valence-electron chi connectivity index (χ4n) is 3.44. The molecule has 0 unspecified atom stereocenters. The molecule has 2 heterocycles. The zero-order valence-electron chi connectivity index (χ0n) is 15.9. The molecule has 0 aliphatic carbocycles. The number of nitrogens with zero attached hydrogens (tertiary/aromatic N) is 4. The molecule has 1 aliphatic rings. The Kier molecular flexibility index (Phi) is 5.62. The monoisotopic (exact) mass is 408 g/mol. The molecule has 2 aromatic carbocycles. The second-order valence-electron chi connectivity index (χ2n) is 6.93. The Morgan fingerprint density at radius 2 is 1.69 bits per heavy atom. The van der Waals surface area contributed by atoms with Gasteiger partial charge in [-0.2, -0.15) is 5.10 Å². The van der Waals surface area contributed by atoms with Crippen molar-refractivity contribution in [1.29, 1.82) is 0 Å². The van der Waals surface area contributed by atoms with Crippen molar-refractivity contribution < 1.29 is 4.79 Å². The molecule has 0 N–H and O–H groups in total. The van der Waals surface area contributed by atoms with Crippen molar-refractivity contribution in [2.45, 2.75) is 6.54 Å². The maximum absolute atomic E-state index is 12.8. The molecular weight excluding hydrogens is 388 g/mol. The Hall–Kier alpha value is -3.12. The van der Waals surface area contributed by atoms with Crippen LogP contribution in [-0.4, -0.2) is 46.8 Å². The van der Waals surface area contributed by atoms with Gasteiger partial charge >= 0.3 is 0 Å². The Morgan fingerprint density at radius 3 is 2.41 bits per heavy atom. The van der Waals surface area contributed by atoms with Gasteiger partial charge in [0.25, 0.3) is 5.56 Å². The largest absolute Gasteiger partial charge is 0.368 e. The van der Waals surface area contributed by atoms with Crippen LogP contribution >= 0.6 is 11.6 Å². The van der Waals surface area contributed by atoms with Gasteiger partial charge in [-0.15, -0.1) is 0 Å². The molecule has 1 aliphatic heterocycles. The van der Waals surface area contributed by atoms with Crippen molar-refractivity contribution >= 4 is 23.2 Å². The number of benzene rings is 2. The van der Waals surface area contributed by atoms with Crippen molar-refractivity contribution in [3.63, 3.8) is 0 Å². The van der Waals surface area contributed by atoms with E-state index in [1.807, 2.05) is 54.6 Å². The number of amides is 1. The number of hydrogen-bond acceptors (Lipinski definition) is 4. The lowest BCUT2D eigenvalue weighted by Crippen LogP contribution is -2.50.